The maximum atomic E-state index is 12.1. The lowest BCUT2D eigenvalue weighted by Gasteiger charge is -2.04. The second-order valence-corrected chi connectivity index (χ2v) is 5.72. The van der Waals surface area contributed by atoms with Crippen LogP contribution in [0.2, 0.25) is 0 Å². The number of nitrogens with one attached hydrogen (secondary N) is 1. The highest BCUT2D eigenvalue weighted by Crippen LogP contribution is 2.12. The predicted octanol–water partition coefficient (Wildman–Crippen LogP) is 3.15. The van der Waals surface area contributed by atoms with E-state index in [0.717, 1.165) is 16.7 Å². The Kier molecular flexibility index (Phi) is 6.62. The van der Waals surface area contributed by atoms with E-state index in [4.69, 9.17) is 5.73 Å². The van der Waals surface area contributed by atoms with Crippen LogP contribution in [0.4, 0.5) is 0 Å². The number of nitrogens with zero attached hydrogens (tertiary/aromatic N) is 1. The first-order valence-corrected chi connectivity index (χ1v) is 8.12. The zero-order valence-corrected chi connectivity index (χ0v) is 14.8. The van der Waals surface area contributed by atoms with E-state index >= 15 is 0 Å². The lowest BCUT2D eigenvalue weighted by Crippen LogP contribution is -2.36. The van der Waals surface area contributed by atoms with E-state index in [9.17, 15) is 9.59 Å². The molecule has 0 saturated carbocycles. The van der Waals surface area contributed by atoms with Crippen molar-refractivity contribution in [1.82, 2.24) is 5.32 Å². The molecule has 0 unspecified atom stereocenters. The maximum absolute atomic E-state index is 12.1. The summed E-state index contributed by atoms with van der Waals surface area (Å²) >= 11 is 0. The fourth-order valence-electron chi connectivity index (χ4n) is 2.23. The summed E-state index contributed by atoms with van der Waals surface area (Å²) in [6, 6.07) is 18.9. The van der Waals surface area contributed by atoms with Gasteiger partial charge in [0, 0.05) is 11.6 Å². The summed E-state index contributed by atoms with van der Waals surface area (Å²) in [6.45, 7) is 3.47. The van der Waals surface area contributed by atoms with Crippen LogP contribution in [0.5, 0.6) is 0 Å². The Hall–Kier alpha value is -3.47. The minimum atomic E-state index is -0.504. The normalized spacial score (nSPS) is 12.6. The largest absolute Gasteiger partial charge is 0.369 e. The summed E-state index contributed by atoms with van der Waals surface area (Å²) in [5.74, 6) is -1.18. The summed E-state index contributed by atoms with van der Waals surface area (Å²) in [5.41, 5.74) is 8.68. The van der Waals surface area contributed by atoms with Gasteiger partial charge in [-0.05, 0) is 36.6 Å². The van der Waals surface area contributed by atoms with E-state index < -0.39 is 11.8 Å². The Balaban J connectivity index is 2.02. The molecule has 2 aromatic rings. The molecule has 0 heterocycles. The molecule has 0 aliphatic heterocycles. The SMILES string of the molecule is CC(=Cc1ccccc1)C(=O)N=C(N)NC(=O)C=C(C)c1ccccc1. The van der Waals surface area contributed by atoms with Gasteiger partial charge < -0.3 is 5.73 Å². The molecule has 0 bridgehead atoms. The Morgan fingerprint density at radius 2 is 1.54 bits per heavy atom. The number of allylic oxidation sites excluding steroid dienone is 1. The molecule has 2 rings (SSSR count). The number of hydrogen-bond acceptors (Lipinski definition) is 2. The highest BCUT2D eigenvalue weighted by atomic mass is 16.2. The van der Waals surface area contributed by atoms with E-state index in [-0.39, 0.29) is 5.96 Å². The Labute approximate surface area is 153 Å². The van der Waals surface area contributed by atoms with Crippen molar-refractivity contribution in [2.75, 3.05) is 0 Å². The molecule has 5 nitrogen and oxygen atoms in total. The number of amides is 2. The van der Waals surface area contributed by atoms with Gasteiger partial charge in [-0.3, -0.25) is 14.9 Å². The van der Waals surface area contributed by atoms with Gasteiger partial charge in [0.1, 0.15) is 0 Å². The quantitative estimate of drug-likeness (QED) is 0.506. The highest BCUT2D eigenvalue weighted by Gasteiger charge is 2.07. The first-order chi connectivity index (χ1) is 12.5. The van der Waals surface area contributed by atoms with Crippen molar-refractivity contribution in [2.24, 2.45) is 10.7 Å². The number of hydrogen-bond donors (Lipinski definition) is 2. The summed E-state index contributed by atoms with van der Waals surface area (Å²) in [4.78, 5) is 27.8. The van der Waals surface area contributed by atoms with Gasteiger partial charge in [-0.15, -0.1) is 0 Å². The molecule has 2 amide bonds. The molecule has 0 saturated heterocycles. The number of carbonyl (C=O) groups excluding carboxylic acids is 2. The van der Waals surface area contributed by atoms with Gasteiger partial charge in [-0.1, -0.05) is 60.7 Å². The zero-order valence-electron chi connectivity index (χ0n) is 14.8. The fraction of sp³-hybridized carbons (Fsp3) is 0.0952. The van der Waals surface area contributed by atoms with Crippen LogP contribution < -0.4 is 11.1 Å². The van der Waals surface area contributed by atoms with Gasteiger partial charge in [0.15, 0.2) is 0 Å². The van der Waals surface area contributed by atoms with E-state index in [1.54, 1.807) is 13.0 Å². The molecule has 0 fully saturated rings. The van der Waals surface area contributed by atoms with Gasteiger partial charge >= 0.3 is 0 Å². The standard InChI is InChI=1S/C21H21N3O2/c1-15(18-11-7-4-8-12-18)14-19(25)23-21(22)24-20(26)16(2)13-17-9-5-3-6-10-17/h3-14H,1-2H3,(H3,22,23,24,25,26). The van der Waals surface area contributed by atoms with E-state index in [0.29, 0.717) is 5.57 Å². The van der Waals surface area contributed by atoms with Crippen molar-refractivity contribution < 1.29 is 9.59 Å². The minimum Gasteiger partial charge on any atom is -0.369 e. The Bertz CT molecular complexity index is 867. The average Bonchev–Trinajstić information content (AvgIpc) is 2.62. The van der Waals surface area contributed by atoms with E-state index in [1.165, 1.54) is 6.08 Å². The van der Waals surface area contributed by atoms with Crippen molar-refractivity contribution >= 4 is 29.4 Å². The van der Waals surface area contributed by atoms with E-state index in [2.05, 4.69) is 10.3 Å². The molecule has 0 aromatic heterocycles. The molecular weight excluding hydrogens is 326 g/mol. The van der Waals surface area contributed by atoms with Crippen LogP contribution in [0.15, 0.2) is 77.3 Å². The molecule has 3 N–H and O–H groups in total. The third kappa shape index (κ3) is 5.87. The zero-order chi connectivity index (χ0) is 18.9. The highest BCUT2D eigenvalue weighted by molar-refractivity contribution is 6.10. The average molecular weight is 347 g/mol. The van der Waals surface area contributed by atoms with Crippen LogP contribution >= 0.6 is 0 Å². The first-order valence-electron chi connectivity index (χ1n) is 8.12. The smallest absolute Gasteiger partial charge is 0.275 e. The molecule has 132 valence electrons. The molecule has 0 radical (unpaired) electrons. The second-order valence-electron chi connectivity index (χ2n) is 5.72. The third-order valence-corrected chi connectivity index (χ3v) is 3.57. The predicted molar refractivity (Wildman–Crippen MR) is 105 cm³/mol. The van der Waals surface area contributed by atoms with Crippen molar-refractivity contribution in [1.29, 1.82) is 0 Å². The Morgan fingerprint density at radius 3 is 2.15 bits per heavy atom. The van der Waals surface area contributed by atoms with Crippen molar-refractivity contribution in [2.45, 2.75) is 13.8 Å². The van der Waals surface area contributed by atoms with Crippen molar-refractivity contribution in [3.05, 3.63) is 83.4 Å². The number of rotatable bonds is 4. The lowest BCUT2D eigenvalue weighted by molar-refractivity contribution is -0.115. The third-order valence-electron chi connectivity index (χ3n) is 3.57. The van der Waals surface area contributed by atoms with Crippen LogP contribution in [-0.2, 0) is 9.59 Å². The van der Waals surface area contributed by atoms with Crippen LogP contribution in [0.25, 0.3) is 11.6 Å². The van der Waals surface area contributed by atoms with Gasteiger partial charge in [-0.2, -0.15) is 4.99 Å². The van der Waals surface area contributed by atoms with Crippen LogP contribution in [0.1, 0.15) is 25.0 Å². The molecule has 0 aliphatic carbocycles. The Morgan fingerprint density at radius 1 is 0.962 bits per heavy atom. The van der Waals surface area contributed by atoms with E-state index in [1.807, 2.05) is 67.6 Å². The van der Waals surface area contributed by atoms with Crippen LogP contribution in [-0.4, -0.2) is 17.8 Å². The van der Waals surface area contributed by atoms with Crippen LogP contribution in [0, 0.1) is 0 Å². The van der Waals surface area contributed by atoms with Crippen molar-refractivity contribution in [3.63, 3.8) is 0 Å². The maximum Gasteiger partial charge on any atom is 0.275 e. The number of carbonyl (C=O) groups is 2. The molecule has 0 aliphatic rings. The number of aliphatic imine (C=N–C) groups is 1. The van der Waals surface area contributed by atoms with Gasteiger partial charge in [0.05, 0.1) is 0 Å². The topological polar surface area (TPSA) is 84.6 Å². The molecular formula is C21H21N3O2. The van der Waals surface area contributed by atoms with Gasteiger partial charge in [0.2, 0.25) is 5.96 Å². The summed E-state index contributed by atoms with van der Waals surface area (Å²) in [5, 5.41) is 2.39. The number of guanidine groups is 1. The number of benzene rings is 2. The van der Waals surface area contributed by atoms with Gasteiger partial charge in [0.25, 0.3) is 11.8 Å². The molecule has 2 aromatic carbocycles. The monoisotopic (exact) mass is 347 g/mol. The number of nitrogens with two attached hydrogens (primary N) is 1. The molecule has 0 atom stereocenters. The summed E-state index contributed by atoms with van der Waals surface area (Å²) in [6.07, 6.45) is 3.12. The summed E-state index contributed by atoms with van der Waals surface area (Å²) in [7, 11) is 0. The molecule has 0 spiro atoms. The minimum absolute atomic E-state index is 0.238. The first kappa shape index (κ1) is 18.9. The van der Waals surface area contributed by atoms with Crippen LogP contribution in [0.3, 0.4) is 0 Å². The van der Waals surface area contributed by atoms with Crippen molar-refractivity contribution in [3.8, 4) is 0 Å². The second kappa shape index (κ2) is 9.13. The molecule has 5 heteroatoms. The lowest BCUT2D eigenvalue weighted by atomic mass is 10.1. The molecule has 26 heavy (non-hydrogen) atoms. The van der Waals surface area contributed by atoms with Gasteiger partial charge in [-0.25, -0.2) is 0 Å². The summed E-state index contributed by atoms with van der Waals surface area (Å²) < 4.78 is 0. The fourth-order valence-corrected chi connectivity index (χ4v) is 2.23.